The number of anilines is 1. The van der Waals surface area contributed by atoms with Gasteiger partial charge in [0.2, 0.25) is 5.91 Å². The normalized spacial score (nSPS) is 13.1. The third-order valence-electron chi connectivity index (χ3n) is 3.14. The van der Waals surface area contributed by atoms with Gasteiger partial charge in [-0.3, -0.25) is 4.79 Å². The molecular formula is C14H21N3O2. The van der Waals surface area contributed by atoms with Gasteiger partial charge in [-0.25, -0.2) is 0 Å². The van der Waals surface area contributed by atoms with Crippen LogP contribution in [0.5, 0.6) is 0 Å². The van der Waals surface area contributed by atoms with Gasteiger partial charge < -0.3 is 16.3 Å². The van der Waals surface area contributed by atoms with Crippen LogP contribution in [-0.2, 0) is 4.79 Å². The minimum Gasteiger partial charge on any atom is -0.409 e. The topological polar surface area (TPSA) is 87.7 Å². The molecule has 19 heavy (non-hydrogen) atoms. The summed E-state index contributed by atoms with van der Waals surface area (Å²) in [6.07, 6.45) is 1.33. The number of carbonyl (C=O) groups excluding carboxylic acids is 1. The van der Waals surface area contributed by atoms with E-state index < -0.39 is 5.92 Å². The largest absolute Gasteiger partial charge is 0.409 e. The van der Waals surface area contributed by atoms with Crippen LogP contribution in [-0.4, -0.2) is 17.0 Å². The van der Waals surface area contributed by atoms with E-state index in [-0.39, 0.29) is 11.7 Å². The molecular weight excluding hydrogens is 242 g/mol. The Morgan fingerprint density at radius 3 is 2.63 bits per heavy atom. The molecule has 1 aromatic rings. The summed E-state index contributed by atoms with van der Waals surface area (Å²) < 4.78 is 0. The molecule has 1 aromatic carbocycles. The molecule has 5 heteroatoms. The number of aryl methyl sites for hydroxylation is 2. The second-order valence-corrected chi connectivity index (χ2v) is 4.65. The lowest BCUT2D eigenvalue weighted by Gasteiger charge is -2.15. The van der Waals surface area contributed by atoms with E-state index in [1.807, 2.05) is 39.0 Å². The van der Waals surface area contributed by atoms with Crippen LogP contribution in [0.15, 0.2) is 23.4 Å². The van der Waals surface area contributed by atoms with Crippen molar-refractivity contribution < 1.29 is 10.0 Å². The fourth-order valence-corrected chi connectivity index (χ4v) is 1.82. The number of benzene rings is 1. The van der Waals surface area contributed by atoms with Crippen LogP contribution in [0.3, 0.4) is 0 Å². The molecule has 1 unspecified atom stereocenters. The minimum absolute atomic E-state index is 0.0526. The molecule has 0 saturated carbocycles. The summed E-state index contributed by atoms with van der Waals surface area (Å²) in [6, 6.07) is 5.70. The number of carbonyl (C=O) groups is 1. The predicted octanol–water partition coefficient (Wildman–Crippen LogP) is 2.40. The van der Waals surface area contributed by atoms with Crippen LogP contribution in [0, 0.1) is 19.8 Å². The van der Waals surface area contributed by atoms with Crippen LogP contribution in [0.4, 0.5) is 5.69 Å². The molecule has 0 bridgehead atoms. The molecule has 1 rings (SSSR count). The van der Waals surface area contributed by atoms with Gasteiger partial charge in [-0.1, -0.05) is 24.6 Å². The molecule has 0 radical (unpaired) electrons. The third kappa shape index (κ3) is 3.98. The molecule has 0 heterocycles. The Balaban J connectivity index is 2.84. The first kappa shape index (κ1) is 15.0. The van der Waals surface area contributed by atoms with Crippen molar-refractivity contribution in [2.24, 2.45) is 16.8 Å². The summed E-state index contributed by atoms with van der Waals surface area (Å²) in [4.78, 5) is 12.1. The Morgan fingerprint density at radius 2 is 2.11 bits per heavy atom. The van der Waals surface area contributed by atoms with E-state index in [1.54, 1.807) is 0 Å². The molecule has 0 fully saturated rings. The Labute approximate surface area is 113 Å². The average molecular weight is 263 g/mol. The van der Waals surface area contributed by atoms with Gasteiger partial charge >= 0.3 is 0 Å². The molecule has 0 aliphatic heterocycles. The van der Waals surface area contributed by atoms with E-state index in [0.29, 0.717) is 6.42 Å². The van der Waals surface area contributed by atoms with E-state index in [9.17, 15) is 4.79 Å². The monoisotopic (exact) mass is 263 g/mol. The Bertz CT molecular complexity index is 484. The predicted molar refractivity (Wildman–Crippen MR) is 76.4 cm³/mol. The lowest BCUT2D eigenvalue weighted by atomic mass is 10.0. The van der Waals surface area contributed by atoms with Gasteiger partial charge in [0.1, 0.15) is 0 Å². The van der Waals surface area contributed by atoms with Gasteiger partial charge in [-0.05, 0) is 43.5 Å². The van der Waals surface area contributed by atoms with Crippen molar-refractivity contribution >= 4 is 17.4 Å². The van der Waals surface area contributed by atoms with Crippen LogP contribution in [0.2, 0.25) is 0 Å². The van der Waals surface area contributed by atoms with Crippen LogP contribution < -0.4 is 11.1 Å². The maximum atomic E-state index is 12.1. The number of nitrogens with one attached hydrogen (secondary N) is 1. The lowest BCUT2D eigenvalue weighted by Crippen LogP contribution is -2.34. The highest BCUT2D eigenvalue weighted by molar-refractivity contribution is 6.07. The number of rotatable bonds is 5. The first-order valence-electron chi connectivity index (χ1n) is 6.35. The second kappa shape index (κ2) is 6.78. The standard InChI is InChI=1S/C14H21N3O2/c1-4-5-12(13(15)17-19)14(18)16-11-7-6-9(2)10(3)8-11/h6-8,12,19H,4-5H2,1-3H3,(H2,15,17)(H,16,18). The van der Waals surface area contributed by atoms with Gasteiger partial charge in [0, 0.05) is 5.69 Å². The number of hydrogen-bond donors (Lipinski definition) is 3. The van der Waals surface area contributed by atoms with Crippen molar-refractivity contribution in [2.75, 3.05) is 5.32 Å². The second-order valence-electron chi connectivity index (χ2n) is 4.65. The Kier molecular flexibility index (Phi) is 5.36. The zero-order valence-electron chi connectivity index (χ0n) is 11.6. The fourth-order valence-electron chi connectivity index (χ4n) is 1.82. The van der Waals surface area contributed by atoms with Crippen molar-refractivity contribution in [2.45, 2.75) is 33.6 Å². The molecule has 4 N–H and O–H groups in total. The summed E-state index contributed by atoms with van der Waals surface area (Å²) in [5.74, 6) is -0.903. The quantitative estimate of drug-likeness (QED) is 0.330. The molecule has 0 saturated heterocycles. The Morgan fingerprint density at radius 1 is 1.42 bits per heavy atom. The number of amides is 1. The molecule has 1 atom stereocenters. The first-order valence-corrected chi connectivity index (χ1v) is 6.35. The molecule has 5 nitrogen and oxygen atoms in total. The van der Waals surface area contributed by atoms with E-state index in [2.05, 4.69) is 10.5 Å². The molecule has 0 spiro atoms. The van der Waals surface area contributed by atoms with E-state index >= 15 is 0 Å². The van der Waals surface area contributed by atoms with E-state index in [0.717, 1.165) is 17.7 Å². The molecule has 104 valence electrons. The molecule has 0 aliphatic carbocycles. The van der Waals surface area contributed by atoms with Crippen LogP contribution in [0.25, 0.3) is 0 Å². The first-order chi connectivity index (χ1) is 8.99. The minimum atomic E-state index is -0.600. The summed E-state index contributed by atoms with van der Waals surface area (Å²) in [6.45, 7) is 5.94. The molecule has 1 amide bonds. The lowest BCUT2D eigenvalue weighted by molar-refractivity contribution is -0.118. The number of hydrogen-bond acceptors (Lipinski definition) is 3. The van der Waals surface area contributed by atoms with Crippen LogP contribution in [0.1, 0.15) is 30.9 Å². The highest BCUT2D eigenvalue weighted by atomic mass is 16.4. The van der Waals surface area contributed by atoms with Crippen molar-refractivity contribution in [3.8, 4) is 0 Å². The number of oxime groups is 1. The summed E-state index contributed by atoms with van der Waals surface area (Å²) in [7, 11) is 0. The van der Waals surface area contributed by atoms with Gasteiger partial charge in [0.05, 0.1) is 5.92 Å². The smallest absolute Gasteiger partial charge is 0.235 e. The zero-order chi connectivity index (χ0) is 14.4. The number of amidine groups is 1. The summed E-state index contributed by atoms with van der Waals surface area (Å²) >= 11 is 0. The highest BCUT2D eigenvalue weighted by Crippen LogP contribution is 2.16. The van der Waals surface area contributed by atoms with Crippen molar-refractivity contribution in [3.63, 3.8) is 0 Å². The van der Waals surface area contributed by atoms with Gasteiger partial charge in [0.15, 0.2) is 5.84 Å². The summed E-state index contributed by atoms with van der Waals surface area (Å²) in [5, 5.41) is 14.4. The maximum Gasteiger partial charge on any atom is 0.235 e. The SMILES string of the molecule is CCCC(C(=O)Nc1ccc(C)c(C)c1)C(N)=NO. The zero-order valence-corrected chi connectivity index (χ0v) is 11.6. The van der Waals surface area contributed by atoms with Gasteiger partial charge in [-0.15, -0.1) is 0 Å². The van der Waals surface area contributed by atoms with E-state index in [4.69, 9.17) is 10.9 Å². The molecule has 0 aliphatic rings. The third-order valence-corrected chi connectivity index (χ3v) is 3.14. The molecule has 0 aromatic heterocycles. The Hall–Kier alpha value is -2.04. The van der Waals surface area contributed by atoms with Gasteiger partial charge in [-0.2, -0.15) is 0 Å². The van der Waals surface area contributed by atoms with Crippen LogP contribution >= 0.6 is 0 Å². The van der Waals surface area contributed by atoms with Crippen molar-refractivity contribution in [1.29, 1.82) is 0 Å². The fraction of sp³-hybridized carbons (Fsp3) is 0.429. The number of nitrogens with two attached hydrogens (primary N) is 1. The highest BCUT2D eigenvalue weighted by Gasteiger charge is 2.22. The van der Waals surface area contributed by atoms with Crippen molar-refractivity contribution in [1.82, 2.24) is 0 Å². The van der Waals surface area contributed by atoms with Crippen molar-refractivity contribution in [3.05, 3.63) is 29.3 Å². The summed E-state index contributed by atoms with van der Waals surface area (Å²) in [5.41, 5.74) is 8.54. The number of nitrogens with zero attached hydrogens (tertiary/aromatic N) is 1. The van der Waals surface area contributed by atoms with Gasteiger partial charge in [0.25, 0.3) is 0 Å². The maximum absolute atomic E-state index is 12.1. The van der Waals surface area contributed by atoms with E-state index in [1.165, 1.54) is 5.56 Å². The average Bonchev–Trinajstić information content (AvgIpc) is 2.39.